The molecule has 1 aliphatic rings. The Balaban J connectivity index is 1.56. The minimum Gasteiger partial charge on any atom is -0.351 e. The van der Waals surface area contributed by atoms with Crippen molar-refractivity contribution in [1.82, 2.24) is 25.2 Å². The maximum absolute atomic E-state index is 12.4. The van der Waals surface area contributed by atoms with Crippen molar-refractivity contribution in [3.05, 3.63) is 42.2 Å². The van der Waals surface area contributed by atoms with Gasteiger partial charge in [0.15, 0.2) is 5.69 Å². The zero-order valence-corrected chi connectivity index (χ0v) is 13.5. The number of nitrogens with one attached hydrogen (secondary N) is 1. The number of amides is 1. The lowest BCUT2D eigenvalue weighted by Gasteiger charge is -2.29. The van der Waals surface area contributed by atoms with Crippen LogP contribution >= 0.6 is 0 Å². The lowest BCUT2D eigenvalue weighted by molar-refractivity contribution is 0.0940. The van der Waals surface area contributed by atoms with Crippen molar-refractivity contribution in [3.8, 4) is 5.69 Å². The molecule has 23 heavy (non-hydrogen) atoms. The smallest absolute Gasteiger partial charge is 0.271 e. The number of rotatable bonds is 5. The summed E-state index contributed by atoms with van der Waals surface area (Å²) in [6.45, 7) is 3.00. The van der Waals surface area contributed by atoms with Crippen LogP contribution in [-0.2, 0) is 0 Å². The van der Waals surface area contributed by atoms with Crippen molar-refractivity contribution in [2.24, 2.45) is 5.92 Å². The molecule has 1 saturated heterocycles. The first-order valence-electron chi connectivity index (χ1n) is 8.17. The van der Waals surface area contributed by atoms with Gasteiger partial charge in [-0.05, 0) is 50.9 Å². The predicted octanol–water partition coefficient (Wildman–Crippen LogP) is 1.73. The Hall–Kier alpha value is -2.21. The van der Waals surface area contributed by atoms with Crippen LogP contribution < -0.4 is 5.32 Å². The second-order valence-electron chi connectivity index (χ2n) is 6.18. The van der Waals surface area contributed by atoms with Crippen molar-refractivity contribution in [2.75, 3.05) is 26.7 Å². The average molecular weight is 313 g/mol. The number of likely N-dealkylation sites (tertiary alicyclic amines) is 1. The van der Waals surface area contributed by atoms with Crippen molar-refractivity contribution in [1.29, 1.82) is 0 Å². The molecular formula is C17H23N5O. The van der Waals surface area contributed by atoms with Gasteiger partial charge in [-0.15, -0.1) is 5.10 Å². The second-order valence-corrected chi connectivity index (χ2v) is 6.18. The van der Waals surface area contributed by atoms with Gasteiger partial charge in [0.05, 0.1) is 11.9 Å². The summed E-state index contributed by atoms with van der Waals surface area (Å²) < 4.78 is 1.57. The normalized spacial score (nSPS) is 18.7. The molecule has 3 rings (SSSR count). The third-order valence-corrected chi connectivity index (χ3v) is 4.34. The summed E-state index contributed by atoms with van der Waals surface area (Å²) in [5, 5.41) is 10.9. The number of carbonyl (C=O) groups is 1. The molecule has 122 valence electrons. The van der Waals surface area contributed by atoms with Crippen LogP contribution in [0.25, 0.3) is 5.69 Å². The van der Waals surface area contributed by atoms with Crippen LogP contribution in [0, 0.1) is 5.92 Å². The van der Waals surface area contributed by atoms with Gasteiger partial charge < -0.3 is 10.2 Å². The molecule has 0 aliphatic carbocycles. The highest BCUT2D eigenvalue weighted by molar-refractivity contribution is 5.92. The number of hydrogen-bond acceptors (Lipinski definition) is 4. The third kappa shape index (κ3) is 3.96. The molecule has 1 N–H and O–H groups in total. The van der Waals surface area contributed by atoms with E-state index in [-0.39, 0.29) is 5.91 Å². The summed E-state index contributed by atoms with van der Waals surface area (Å²) in [6, 6.07) is 9.57. The van der Waals surface area contributed by atoms with E-state index < -0.39 is 0 Å². The highest BCUT2D eigenvalue weighted by atomic mass is 16.2. The van der Waals surface area contributed by atoms with E-state index in [1.807, 2.05) is 30.3 Å². The van der Waals surface area contributed by atoms with Gasteiger partial charge in [-0.2, -0.15) is 0 Å². The Bertz CT molecular complexity index is 639. The molecule has 2 heterocycles. The summed E-state index contributed by atoms with van der Waals surface area (Å²) in [5.41, 5.74) is 1.31. The van der Waals surface area contributed by atoms with E-state index in [9.17, 15) is 4.79 Å². The van der Waals surface area contributed by atoms with E-state index in [4.69, 9.17) is 0 Å². The zero-order valence-electron chi connectivity index (χ0n) is 13.5. The third-order valence-electron chi connectivity index (χ3n) is 4.34. The van der Waals surface area contributed by atoms with Gasteiger partial charge in [0.1, 0.15) is 0 Å². The molecule has 6 nitrogen and oxygen atoms in total. The number of benzene rings is 1. The van der Waals surface area contributed by atoms with E-state index in [1.54, 1.807) is 4.68 Å². The summed E-state index contributed by atoms with van der Waals surface area (Å²) in [5.74, 6) is 0.550. The highest BCUT2D eigenvalue weighted by Gasteiger charge is 2.18. The quantitative estimate of drug-likeness (QED) is 0.913. The Morgan fingerprint density at radius 1 is 1.35 bits per heavy atom. The largest absolute Gasteiger partial charge is 0.351 e. The number of piperidine rings is 1. The molecule has 0 bridgehead atoms. The van der Waals surface area contributed by atoms with Crippen LogP contribution in [-0.4, -0.2) is 52.5 Å². The Morgan fingerprint density at radius 2 is 2.17 bits per heavy atom. The van der Waals surface area contributed by atoms with Gasteiger partial charge in [0, 0.05) is 13.1 Å². The molecule has 1 aromatic heterocycles. The van der Waals surface area contributed by atoms with Gasteiger partial charge >= 0.3 is 0 Å². The number of hydrogen-bond donors (Lipinski definition) is 1. The van der Waals surface area contributed by atoms with E-state index in [0.717, 1.165) is 18.7 Å². The molecule has 0 unspecified atom stereocenters. The van der Waals surface area contributed by atoms with Crippen molar-refractivity contribution >= 4 is 5.91 Å². The Morgan fingerprint density at radius 3 is 2.96 bits per heavy atom. The minimum absolute atomic E-state index is 0.122. The lowest BCUT2D eigenvalue weighted by atomic mass is 9.95. The minimum atomic E-state index is -0.122. The first kappa shape index (κ1) is 15.7. The van der Waals surface area contributed by atoms with Crippen LogP contribution in [0.5, 0.6) is 0 Å². The fraction of sp³-hybridized carbons (Fsp3) is 0.471. The molecule has 1 aromatic carbocycles. The fourth-order valence-corrected chi connectivity index (χ4v) is 3.14. The maximum Gasteiger partial charge on any atom is 0.271 e. The molecular weight excluding hydrogens is 290 g/mol. The number of para-hydroxylation sites is 1. The molecule has 1 atom stereocenters. The molecule has 1 amide bonds. The number of nitrogens with zero attached hydrogens (tertiary/aromatic N) is 4. The van der Waals surface area contributed by atoms with E-state index in [1.165, 1.54) is 25.6 Å². The molecule has 0 spiro atoms. The number of aromatic nitrogens is 3. The molecule has 2 aromatic rings. The molecule has 6 heteroatoms. The Labute approximate surface area is 136 Å². The SMILES string of the molecule is CN1CCC[C@@H](CCNC(=O)c2cnnn2-c2ccccc2)C1. The lowest BCUT2D eigenvalue weighted by Crippen LogP contribution is -2.35. The van der Waals surface area contributed by atoms with Crippen LogP contribution in [0.15, 0.2) is 36.5 Å². The fourth-order valence-electron chi connectivity index (χ4n) is 3.14. The second kappa shape index (κ2) is 7.37. The Kier molecular flexibility index (Phi) is 5.02. The van der Waals surface area contributed by atoms with Gasteiger partial charge in [-0.3, -0.25) is 4.79 Å². The number of carbonyl (C=O) groups excluding carboxylic acids is 1. The van der Waals surface area contributed by atoms with E-state index >= 15 is 0 Å². The summed E-state index contributed by atoms with van der Waals surface area (Å²) in [4.78, 5) is 14.7. The van der Waals surface area contributed by atoms with Crippen molar-refractivity contribution < 1.29 is 4.79 Å². The first-order valence-corrected chi connectivity index (χ1v) is 8.17. The van der Waals surface area contributed by atoms with Gasteiger partial charge in [-0.25, -0.2) is 4.68 Å². The van der Waals surface area contributed by atoms with E-state index in [0.29, 0.717) is 18.2 Å². The van der Waals surface area contributed by atoms with Gasteiger partial charge in [0.25, 0.3) is 5.91 Å². The van der Waals surface area contributed by atoms with Gasteiger partial charge in [-0.1, -0.05) is 23.4 Å². The zero-order chi connectivity index (χ0) is 16.1. The molecule has 1 aliphatic heterocycles. The topological polar surface area (TPSA) is 63.1 Å². The van der Waals surface area contributed by atoms with Crippen LogP contribution in [0.4, 0.5) is 0 Å². The predicted molar refractivity (Wildman–Crippen MR) is 88.5 cm³/mol. The molecule has 1 fully saturated rings. The molecule has 0 radical (unpaired) electrons. The van der Waals surface area contributed by atoms with E-state index in [2.05, 4.69) is 27.6 Å². The van der Waals surface area contributed by atoms with Crippen molar-refractivity contribution in [3.63, 3.8) is 0 Å². The van der Waals surface area contributed by atoms with Crippen LogP contribution in [0.3, 0.4) is 0 Å². The summed E-state index contributed by atoms with van der Waals surface area (Å²) >= 11 is 0. The van der Waals surface area contributed by atoms with Gasteiger partial charge in [0.2, 0.25) is 0 Å². The average Bonchev–Trinajstić information content (AvgIpc) is 3.05. The summed E-state index contributed by atoms with van der Waals surface area (Å²) in [7, 11) is 2.16. The van der Waals surface area contributed by atoms with Crippen LogP contribution in [0.1, 0.15) is 29.8 Å². The van der Waals surface area contributed by atoms with Crippen LogP contribution in [0.2, 0.25) is 0 Å². The standard InChI is InChI=1S/C17H23N5O/c1-21-11-5-6-14(13-21)9-10-18-17(23)16-12-19-20-22(16)15-7-3-2-4-8-15/h2-4,7-8,12,14H,5-6,9-11,13H2,1H3,(H,18,23)/t14-/m0/s1. The van der Waals surface area contributed by atoms with Crippen molar-refractivity contribution in [2.45, 2.75) is 19.3 Å². The monoisotopic (exact) mass is 313 g/mol. The summed E-state index contributed by atoms with van der Waals surface area (Å²) in [6.07, 6.45) is 5.03. The maximum atomic E-state index is 12.4. The molecule has 0 saturated carbocycles. The highest BCUT2D eigenvalue weighted by Crippen LogP contribution is 2.17. The first-order chi connectivity index (χ1) is 11.2.